The first kappa shape index (κ1) is 17.9. The summed E-state index contributed by atoms with van der Waals surface area (Å²) in [5.74, 6) is 1.07. The summed E-state index contributed by atoms with van der Waals surface area (Å²) < 4.78 is 3.16. The fourth-order valence-electron chi connectivity index (χ4n) is 2.28. The highest BCUT2D eigenvalue weighted by Crippen LogP contribution is 2.19. The number of rotatable bonds is 6. The zero-order chi connectivity index (χ0) is 17.6. The molecule has 1 N–H and O–H groups in total. The maximum atomic E-state index is 12.2. The summed E-state index contributed by atoms with van der Waals surface area (Å²) in [6.45, 7) is 2.62. The van der Waals surface area contributed by atoms with Gasteiger partial charge >= 0.3 is 0 Å². The van der Waals surface area contributed by atoms with E-state index in [1.54, 1.807) is 0 Å². The number of amides is 1. The molecule has 0 aliphatic rings. The molecule has 128 valence electrons. The van der Waals surface area contributed by atoms with Crippen molar-refractivity contribution >= 4 is 45.9 Å². The van der Waals surface area contributed by atoms with Crippen LogP contribution in [0.3, 0.4) is 0 Å². The fraction of sp³-hybridized carbons (Fsp3) is 0.167. The molecule has 0 bridgehead atoms. The van der Waals surface area contributed by atoms with Gasteiger partial charge in [0.05, 0.1) is 12.3 Å². The number of hydrogen-bond donors (Lipinski definition) is 1. The molecule has 0 saturated heterocycles. The summed E-state index contributed by atoms with van der Waals surface area (Å²) in [6, 6.07) is 17.9. The molecule has 0 unspecified atom stereocenters. The molecule has 1 heterocycles. The van der Waals surface area contributed by atoms with Gasteiger partial charge in [-0.15, -0.1) is 10.2 Å². The van der Waals surface area contributed by atoms with E-state index in [0.717, 1.165) is 20.2 Å². The van der Waals surface area contributed by atoms with Crippen molar-refractivity contribution in [1.29, 1.82) is 0 Å². The molecule has 0 aliphatic carbocycles. The number of hydrogen-bond acceptors (Lipinski definition) is 4. The lowest BCUT2D eigenvalue weighted by Gasteiger charge is -2.09. The SMILES string of the molecule is Cc1nnc(SCC(=O)Nc2ccc(I)cc2)n1Cc1ccccc1. The van der Waals surface area contributed by atoms with E-state index in [-0.39, 0.29) is 5.91 Å². The summed E-state index contributed by atoms with van der Waals surface area (Å²) in [4.78, 5) is 12.2. The molecule has 3 aromatic rings. The van der Waals surface area contributed by atoms with Crippen LogP contribution in [0.15, 0.2) is 59.8 Å². The Labute approximate surface area is 164 Å². The van der Waals surface area contributed by atoms with Crippen LogP contribution in [0.2, 0.25) is 0 Å². The Bertz CT molecular complexity index is 849. The first-order valence-electron chi connectivity index (χ1n) is 7.74. The third-order valence-corrected chi connectivity index (χ3v) is 5.23. The Morgan fingerprint density at radius 1 is 1.12 bits per heavy atom. The quantitative estimate of drug-likeness (QED) is 0.443. The van der Waals surface area contributed by atoms with Gasteiger partial charge in [0.2, 0.25) is 5.91 Å². The summed E-state index contributed by atoms with van der Waals surface area (Å²) in [7, 11) is 0. The summed E-state index contributed by atoms with van der Waals surface area (Å²) in [6.07, 6.45) is 0. The number of anilines is 1. The molecule has 0 spiro atoms. The van der Waals surface area contributed by atoms with E-state index in [0.29, 0.717) is 12.3 Å². The van der Waals surface area contributed by atoms with Crippen molar-refractivity contribution in [1.82, 2.24) is 14.8 Å². The average molecular weight is 464 g/mol. The summed E-state index contributed by atoms with van der Waals surface area (Å²) in [5.41, 5.74) is 1.98. The number of benzene rings is 2. The maximum Gasteiger partial charge on any atom is 0.234 e. The monoisotopic (exact) mass is 464 g/mol. The number of carbonyl (C=O) groups excluding carboxylic acids is 1. The number of nitrogens with one attached hydrogen (secondary N) is 1. The van der Waals surface area contributed by atoms with Crippen molar-refractivity contribution in [2.45, 2.75) is 18.6 Å². The summed E-state index contributed by atoms with van der Waals surface area (Å²) >= 11 is 3.63. The zero-order valence-electron chi connectivity index (χ0n) is 13.6. The van der Waals surface area contributed by atoms with Crippen LogP contribution in [0.25, 0.3) is 0 Å². The molecule has 5 nitrogen and oxygen atoms in total. The molecule has 0 aliphatic heterocycles. The standard InChI is InChI=1S/C18H17IN4OS/c1-13-21-22-18(23(13)11-14-5-3-2-4-6-14)25-12-17(24)20-16-9-7-15(19)8-10-16/h2-10H,11-12H2,1H3,(H,20,24). The lowest BCUT2D eigenvalue weighted by Crippen LogP contribution is -2.14. The molecule has 3 rings (SSSR count). The number of aromatic nitrogens is 3. The van der Waals surface area contributed by atoms with Gasteiger partial charge in [-0.05, 0) is 59.3 Å². The predicted molar refractivity (Wildman–Crippen MR) is 109 cm³/mol. The smallest absolute Gasteiger partial charge is 0.234 e. The van der Waals surface area contributed by atoms with Crippen molar-refractivity contribution in [2.24, 2.45) is 0 Å². The Kier molecular flexibility index (Phi) is 6.09. The molecule has 0 radical (unpaired) electrons. The van der Waals surface area contributed by atoms with Gasteiger partial charge in [-0.1, -0.05) is 42.1 Å². The normalized spacial score (nSPS) is 10.6. The first-order valence-corrected chi connectivity index (χ1v) is 9.80. The van der Waals surface area contributed by atoms with Crippen LogP contribution in [0, 0.1) is 10.5 Å². The van der Waals surface area contributed by atoms with Crippen LogP contribution in [0.1, 0.15) is 11.4 Å². The van der Waals surface area contributed by atoms with Crippen LogP contribution >= 0.6 is 34.4 Å². The van der Waals surface area contributed by atoms with E-state index < -0.39 is 0 Å². The molecular weight excluding hydrogens is 447 g/mol. The molecule has 0 fully saturated rings. The minimum atomic E-state index is -0.0573. The Morgan fingerprint density at radius 2 is 1.84 bits per heavy atom. The van der Waals surface area contributed by atoms with Crippen LogP contribution in [-0.4, -0.2) is 26.4 Å². The highest BCUT2D eigenvalue weighted by Gasteiger charge is 2.12. The second kappa shape index (κ2) is 8.48. The highest BCUT2D eigenvalue weighted by molar-refractivity contribution is 14.1. The summed E-state index contributed by atoms with van der Waals surface area (Å²) in [5, 5.41) is 12.0. The van der Waals surface area contributed by atoms with Crippen molar-refractivity contribution in [3.05, 3.63) is 69.6 Å². The highest BCUT2D eigenvalue weighted by atomic mass is 127. The van der Waals surface area contributed by atoms with Crippen LogP contribution in [0.4, 0.5) is 5.69 Å². The molecule has 0 saturated carbocycles. The van der Waals surface area contributed by atoms with Crippen LogP contribution in [0.5, 0.6) is 0 Å². The molecule has 1 amide bonds. The van der Waals surface area contributed by atoms with E-state index >= 15 is 0 Å². The van der Waals surface area contributed by atoms with Gasteiger partial charge in [0, 0.05) is 9.26 Å². The Hall–Kier alpha value is -1.87. The van der Waals surface area contributed by atoms with Gasteiger partial charge < -0.3 is 9.88 Å². The number of aryl methyl sites for hydroxylation is 1. The van der Waals surface area contributed by atoms with Gasteiger partial charge in [0.25, 0.3) is 0 Å². The van der Waals surface area contributed by atoms with Gasteiger partial charge in [0.15, 0.2) is 5.16 Å². The Morgan fingerprint density at radius 3 is 2.56 bits per heavy atom. The van der Waals surface area contributed by atoms with Gasteiger partial charge in [0.1, 0.15) is 5.82 Å². The van der Waals surface area contributed by atoms with Crippen molar-refractivity contribution in [3.8, 4) is 0 Å². The van der Waals surface area contributed by atoms with Crippen LogP contribution < -0.4 is 5.32 Å². The Balaban J connectivity index is 1.61. The number of thioether (sulfide) groups is 1. The molecule has 25 heavy (non-hydrogen) atoms. The number of carbonyl (C=O) groups is 1. The predicted octanol–water partition coefficient (Wildman–Crippen LogP) is 3.97. The zero-order valence-corrected chi connectivity index (χ0v) is 16.6. The number of nitrogens with zero attached hydrogens (tertiary/aromatic N) is 3. The van der Waals surface area contributed by atoms with Crippen molar-refractivity contribution < 1.29 is 4.79 Å². The lowest BCUT2D eigenvalue weighted by molar-refractivity contribution is -0.113. The second-order valence-electron chi connectivity index (χ2n) is 5.45. The van der Waals surface area contributed by atoms with Gasteiger partial charge in [-0.3, -0.25) is 4.79 Å². The van der Waals surface area contributed by atoms with Crippen molar-refractivity contribution in [3.63, 3.8) is 0 Å². The number of halogens is 1. The molecule has 2 aromatic carbocycles. The van der Waals surface area contributed by atoms with Gasteiger partial charge in [-0.2, -0.15) is 0 Å². The molecule has 7 heteroatoms. The largest absolute Gasteiger partial charge is 0.325 e. The second-order valence-corrected chi connectivity index (χ2v) is 7.63. The minimum absolute atomic E-state index is 0.0573. The van der Waals surface area contributed by atoms with E-state index in [4.69, 9.17) is 0 Å². The molecule has 1 aromatic heterocycles. The van der Waals surface area contributed by atoms with E-state index in [2.05, 4.69) is 50.2 Å². The van der Waals surface area contributed by atoms with E-state index in [9.17, 15) is 4.79 Å². The van der Waals surface area contributed by atoms with E-state index in [1.807, 2.05) is 54.0 Å². The minimum Gasteiger partial charge on any atom is -0.325 e. The third kappa shape index (κ3) is 5.05. The van der Waals surface area contributed by atoms with Crippen LogP contribution in [-0.2, 0) is 11.3 Å². The van der Waals surface area contributed by atoms with Gasteiger partial charge in [-0.25, -0.2) is 0 Å². The average Bonchev–Trinajstić information content (AvgIpc) is 2.96. The van der Waals surface area contributed by atoms with E-state index in [1.165, 1.54) is 17.3 Å². The third-order valence-electron chi connectivity index (χ3n) is 3.55. The van der Waals surface area contributed by atoms with Crippen molar-refractivity contribution in [2.75, 3.05) is 11.1 Å². The fourth-order valence-corrected chi connectivity index (χ4v) is 3.42. The first-order chi connectivity index (χ1) is 12.1. The lowest BCUT2D eigenvalue weighted by atomic mass is 10.2. The molecular formula is C18H17IN4OS. The molecule has 0 atom stereocenters. The maximum absolute atomic E-state index is 12.2. The topological polar surface area (TPSA) is 59.8 Å².